The van der Waals surface area contributed by atoms with Crippen LogP contribution in [-0.4, -0.2) is 84.2 Å². The molecule has 2 aliphatic heterocycles. The van der Waals surface area contributed by atoms with Crippen molar-refractivity contribution in [3.8, 4) is 0 Å². The topological polar surface area (TPSA) is 13.0 Å². The van der Waals surface area contributed by atoms with E-state index < -0.39 is 0 Å². The fraction of sp³-hybridized carbons (Fsp3) is 0.600. The summed E-state index contributed by atoms with van der Waals surface area (Å²) < 4.78 is 0. The van der Waals surface area contributed by atoms with Gasteiger partial charge in [-0.25, -0.2) is 0 Å². The van der Waals surface area contributed by atoms with Crippen molar-refractivity contribution in [3.05, 3.63) is 24.8 Å². The van der Waals surface area contributed by atoms with Crippen LogP contribution < -0.4 is 0 Å². The third-order valence-electron chi connectivity index (χ3n) is 2.70. The Morgan fingerprint density at radius 3 is 1.12 bits per heavy atom. The summed E-state index contributed by atoms with van der Waals surface area (Å²) in [6.45, 7) is 0. The van der Waals surface area contributed by atoms with E-state index in [0.29, 0.717) is 36.4 Å². The fourth-order valence-corrected chi connectivity index (χ4v) is 11.9. The third kappa shape index (κ3) is 2.35. The van der Waals surface area contributed by atoms with E-state index in [9.17, 15) is 0 Å². The van der Waals surface area contributed by atoms with E-state index in [4.69, 9.17) is 0 Å². The second kappa shape index (κ2) is 4.92. The van der Waals surface area contributed by atoms with Crippen LogP contribution in [-0.2, 0) is 0 Å². The van der Waals surface area contributed by atoms with E-state index in [1.807, 2.05) is 0 Å². The standard InChI is InChI=1S/C10H18N4Se2/c1-11-5-6-12(2)9(11)15-16-10-13(3)7-8-14(10)4/h5-10H,1-4H3. The summed E-state index contributed by atoms with van der Waals surface area (Å²) in [5.74, 6) is 0. The van der Waals surface area contributed by atoms with E-state index in [2.05, 4.69) is 72.6 Å². The van der Waals surface area contributed by atoms with Gasteiger partial charge >= 0.3 is 109 Å². The molecule has 2 heterocycles. The monoisotopic (exact) mass is 354 g/mol. The Hall–Kier alpha value is -0.281. The molecule has 0 amide bonds. The minimum absolute atomic E-state index is 0.606. The van der Waals surface area contributed by atoms with Crippen molar-refractivity contribution in [2.75, 3.05) is 28.2 Å². The van der Waals surface area contributed by atoms with Gasteiger partial charge in [-0.15, -0.1) is 0 Å². The van der Waals surface area contributed by atoms with Gasteiger partial charge in [0.25, 0.3) is 0 Å². The first-order valence-corrected chi connectivity index (χ1v) is 11.5. The average Bonchev–Trinajstić information content (AvgIpc) is 2.72. The van der Waals surface area contributed by atoms with Crippen LogP contribution in [0.3, 0.4) is 0 Å². The average molecular weight is 352 g/mol. The van der Waals surface area contributed by atoms with Crippen molar-refractivity contribution in [1.82, 2.24) is 19.6 Å². The molecular weight excluding hydrogens is 334 g/mol. The maximum atomic E-state index is 2.32. The summed E-state index contributed by atoms with van der Waals surface area (Å²) in [5.41, 5.74) is 0. The molecule has 0 saturated carbocycles. The number of hydrogen-bond donors (Lipinski definition) is 0. The van der Waals surface area contributed by atoms with Gasteiger partial charge in [0.15, 0.2) is 0 Å². The van der Waals surface area contributed by atoms with Gasteiger partial charge in [-0.05, 0) is 0 Å². The van der Waals surface area contributed by atoms with E-state index in [1.165, 1.54) is 0 Å². The van der Waals surface area contributed by atoms with Gasteiger partial charge in [-0.3, -0.25) is 0 Å². The van der Waals surface area contributed by atoms with Gasteiger partial charge in [0.2, 0.25) is 0 Å². The summed E-state index contributed by atoms with van der Waals surface area (Å²) in [6, 6.07) is 0. The quantitative estimate of drug-likeness (QED) is 0.640. The van der Waals surface area contributed by atoms with Crippen molar-refractivity contribution in [2.24, 2.45) is 0 Å². The van der Waals surface area contributed by atoms with E-state index in [1.54, 1.807) is 0 Å². The first kappa shape index (κ1) is 12.2. The molecule has 16 heavy (non-hydrogen) atoms. The molecule has 0 spiro atoms. The molecular formula is C10H18N4Se2. The molecule has 4 nitrogen and oxygen atoms in total. The molecule has 0 fully saturated rings. The third-order valence-corrected chi connectivity index (χ3v) is 11.4. The fourth-order valence-electron chi connectivity index (χ4n) is 1.66. The molecule has 0 bridgehead atoms. The van der Waals surface area contributed by atoms with Crippen LogP contribution >= 0.6 is 0 Å². The van der Waals surface area contributed by atoms with Crippen LogP contribution in [0.25, 0.3) is 0 Å². The Kier molecular flexibility index (Phi) is 3.75. The van der Waals surface area contributed by atoms with E-state index in [0.717, 1.165) is 0 Å². The zero-order valence-electron chi connectivity index (χ0n) is 10.1. The van der Waals surface area contributed by atoms with Gasteiger partial charge < -0.3 is 0 Å². The normalized spacial score (nSPS) is 22.0. The summed E-state index contributed by atoms with van der Waals surface area (Å²) in [6.07, 6.45) is 8.68. The van der Waals surface area contributed by atoms with Crippen LogP contribution in [0.1, 0.15) is 0 Å². The van der Waals surface area contributed by atoms with Gasteiger partial charge in [0.1, 0.15) is 0 Å². The van der Waals surface area contributed by atoms with Crippen LogP contribution in [0, 0.1) is 0 Å². The van der Waals surface area contributed by atoms with Crippen molar-refractivity contribution < 1.29 is 0 Å². The Morgan fingerprint density at radius 2 is 0.875 bits per heavy atom. The molecule has 0 aromatic rings. The van der Waals surface area contributed by atoms with Crippen LogP contribution in [0.4, 0.5) is 0 Å². The number of hydrogen-bond acceptors (Lipinski definition) is 4. The molecule has 0 radical (unpaired) electrons. The van der Waals surface area contributed by atoms with Crippen LogP contribution in [0.2, 0.25) is 0 Å². The Balaban J connectivity index is 1.84. The molecule has 2 aliphatic rings. The zero-order valence-corrected chi connectivity index (χ0v) is 13.5. The first-order valence-electron chi connectivity index (χ1n) is 5.16. The second-order valence-corrected chi connectivity index (χ2v) is 10.9. The molecule has 0 atom stereocenters. The first-order chi connectivity index (χ1) is 7.59. The van der Waals surface area contributed by atoms with Gasteiger partial charge in [0.05, 0.1) is 0 Å². The van der Waals surface area contributed by atoms with E-state index >= 15 is 0 Å². The Bertz CT molecular complexity index is 253. The van der Waals surface area contributed by atoms with Gasteiger partial charge in [-0.1, -0.05) is 0 Å². The van der Waals surface area contributed by atoms with E-state index in [-0.39, 0.29) is 0 Å². The molecule has 0 saturated heterocycles. The van der Waals surface area contributed by atoms with Crippen molar-refractivity contribution in [2.45, 2.75) is 10.1 Å². The van der Waals surface area contributed by atoms with Crippen LogP contribution in [0.15, 0.2) is 24.8 Å². The SMILES string of the molecule is CN1C=CN(C)C1[Se][Se]C1N(C)C=CN1C. The van der Waals surface area contributed by atoms with Gasteiger partial charge in [-0.2, -0.15) is 0 Å². The number of rotatable bonds is 3. The number of nitrogens with zero attached hydrogens (tertiary/aromatic N) is 4. The van der Waals surface area contributed by atoms with Crippen LogP contribution in [0.5, 0.6) is 0 Å². The summed E-state index contributed by atoms with van der Waals surface area (Å²) in [7, 11) is 8.68. The Morgan fingerprint density at radius 1 is 0.625 bits per heavy atom. The summed E-state index contributed by atoms with van der Waals surface area (Å²) >= 11 is 1.30. The zero-order chi connectivity index (χ0) is 11.7. The Labute approximate surface area is 109 Å². The maximum absolute atomic E-state index is 2.32. The molecule has 0 unspecified atom stereocenters. The molecule has 0 aromatic heterocycles. The summed E-state index contributed by atoms with van der Waals surface area (Å²) in [5, 5.41) is 1.21. The molecule has 6 heteroatoms. The van der Waals surface area contributed by atoms with Crippen molar-refractivity contribution in [1.29, 1.82) is 0 Å². The molecule has 2 rings (SSSR count). The summed E-state index contributed by atoms with van der Waals surface area (Å²) in [4.78, 5) is 9.29. The second-order valence-electron chi connectivity index (χ2n) is 4.10. The van der Waals surface area contributed by atoms with Crippen molar-refractivity contribution >= 4 is 26.3 Å². The molecule has 0 aromatic carbocycles. The molecule has 0 aliphatic carbocycles. The minimum atomic E-state index is 0.606. The molecule has 0 N–H and O–H groups in total. The molecule has 90 valence electrons. The predicted octanol–water partition coefficient (Wildman–Crippen LogP) is -0.426. The van der Waals surface area contributed by atoms with Gasteiger partial charge in [0, 0.05) is 0 Å². The van der Waals surface area contributed by atoms with Crippen molar-refractivity contribution in [3.63, 3.8) is 0 Å². The predicted molar refractivity (Wildman–Crippen MR) is 68.4 cm³/mol.